The Kier molecular flexibility index (Phi) is 8.11. The number of aromatic nitrogens is 4. The molecule has 3 heterocycles. The van der Waals surface area contributed by atoms with Crippen LogP contribution in [0.15, 0.2) is 54.0 Å². The van der Waals surface area contributed by atoms with Gasteiger partial charge in [-0.3, -0.25) is 4.68 Å². The lowest BCUT2D eigenvalue weighted by Gasteiger charge is -2.31. The van der Waals surface area contributed by atoms with Crippen molar-refractivity contribution < 1.29 is 14.6 Å². The molecule has 0 saturated heterocycles. The number of carbonyl (C=O) groups is 1. The van der Waals surface area contributed by atoms with E-state index in [9.17, 15) is 9.90 Å². The number of anilines is 1. The molecule has 1 aliphatic rings. The largest absolute Gasteiger partial charge is 0.508 e. The predicted octanol–water partition coefficient (Wildman–Crippen LogP) is 5.29. The number of amidine groups is 1. The Labute approximate surface area is 245 Å². The molecule has 3 aromatic heterocycles. The van der Waals surface area contributed by atoms with Crippen molar-refractivity contribution in [3.63, 3.8) is 0 Å². The van der Waals surface area contributed by atoms with E-state index in [1.165, 1.54) is 0 Å². The summed E-state index contributed by atoms with van der Waals surface area (Å²) >= 11 is 0. The highest BCUT2D eigenvalue weighted by atomic mass is 16.6. The number of aromatic hydroxyl groups is 1. The number of ether oxygens (including phenoxy) is 1. The molecule has 5 N–H and O–H groups in total. The predicted molar refractivity (Wildman–Crippen MR) is 164 cm³/mol. The van der Waals surface area contributed by atoms with Crippen LogP contribution >= 0.6 is 0 Å². The fraction of sp³-hybridized carbons (Fsp3) is 0.419. The number of carbonyl (C=O) groups excluding carboxylic acids is 1. The first-order chi connectivity index (χ1) is 20.0. The monoisotopic (exact) mass is 572 g/mol. The SMILES string of the molecule is CCc1cc(O)ccc1/N=C(\N)c1cnn2cc(-c3cnn(C)c3)cc2c1N[C@H]1CC[C@H](NC(=O)OC(C)(C)C)CC1. The highest BCUT2D eigenvalue weighted by molar-refractivity contribution is 6.06. The zero-order chi connectivity index (χ0) is 30.0. The standard InChI is InChI=1S/C31H40N8O3/c1-6-19-13-24(40)11-12-26(19)37-29(32)25-16-34-39-18-20(21-15-33-38(5)17-21)14-27(39)28(25)35-22-7-9-23(10-8-22)36-30(41)42-31(2,3)4/h11-18,22-23,35,40H,6-10H2,1-5H3,(H2,32,37)(H,36,41)/t22-,23-. The average Bonchev–Trinajstić information content (AvgIpc) is 3.56. The average molecular weight is 573 g/mol. The first kappa shape index (κ1) is 29.0. The summed E-state index contributed by atoms with van der Waals surface area (Å²) in [4.78, 5) is 17.1. The van der Waals surface area contributed by atoms with Crippen LogP contribution in [0.2, 0.25) is 0 Å². The molecule has 11 nitrogen and oxygen atoms in total. The molecule has 1 aromatic carbocycles. The number of phenols is 1. The number of phenolic OH excluding ortho intramolecular Hbond substituents is 1. The minimum absolute atomic E-state index is 0.0638. The second-order valence-electron chi connectivity index (χ2n) is 11.9. The number of amides is 1. The quantitative estimate of drug-likeness (QED) is 0.174. The van der Waals surface area contributed by atoms with Gasteiger partial charge in [0.15, 0.2) is 0 Å². The van der Waals surface area contributed by atoms with Crippen LogP contribution in [0.1, 0.15) is 64.5 Å². The number of nitrogens with two attached hydrogens (primary N) is 1. The third-order valence-corrected chi connectivity index (χ3v) is 7.43. The molecule has 0 unspecified atom stereocenters. The molecule has 222 valence electrons. The lowest BCUT2D eigenvalue weighted by molar-refractivity contribution is 0.0492. The topological polar surface area (TPSA) is 144 Å². The van der Waals surface area contributed by atoms with Gasteiger partial charge in [-0.1, -0.05) is 6.92 Å². The molecule has 1 saturated carbocycles. The summed E-state index contributed by atoms with van der Waals surface area (Å²) in [5.74, 6) is 0.528. The van der Waals surface area contributed by atoms with Gasteiger partial charge in [-0.15, -0.1) is 0 Å². The number of alkyl carbamates (subject to hydrolysis) is 1. The molecule has 1 aliphatic carbocycles. The van der Waals surface area contributed by atoms with E-state index >= 15 is 0 Å². The van der Waals surface area contributed by atoms with E-state index in [4.69, 9.17) is 15.5 Å². The van der Waals surface area contributed by atoms with E-state index in [-0.39, 0.29) is 23.9 Å². The Morgan fingerprint density at radius 2 is 1.83 bits per heavy atom. The van der Waals surface area contributed by atoms with Crippen LogP contribution in [0.5, 0.6) is 5.75 Å². The van der Waals surface area contributed by atoms with Crippen LogP contribution in [-0.4, -0.2) is 54.1 Å². The third kappa shape index (κ3) is 6.67. The Morgan fingerprint density at radius 3 is 2.50 bits per heavy atom. The summed E-state index contributed by atoms with van der Waals surface area (Å²) in [5, 5.41) is 25.7. The maximum atomic E-state index is 12.3. The van der Waals surface area contributed by atoms with Crippen LogP contribution in [-0.2, 0) is 18.2 Å². The molecule has 11 heteroatoms. The number of hydrogen-bond donors (Lipinski definition) is 4. The summed E-state index contributed by atoms with van der Waals surface area (Å²) in [7, 11) is 1.89. The summed E-state index contributed by atoms with van der Waals surface area (Å²) in [6.45, 7) is 7.60. The maximum Gasteiger partial charge on any atom is 0.407 e. The van der Waals surface area contributed by atoms with E-state index in [0.717, 1.165) is 53.6 Å². The molecule has 0 spiro atoms. The van der Waals surface area contributed by atoms with Crippen LogP contribution in [0.25, 0.3) is 16.6 Å². The number of nitrogens with one attached hydrogen (secondary N) is 2. The molecule has 0 radical (unpaired) electrons. The van der Waals surface area contributed by atoms with Gasteiger partial charge in [0.2, 0.25) is 0 Å². The number of hydrogen-bond acceptors (Lipinski definition) is 7. The lowest BCUT2D eigenvalue weighted by Crippen LogP contribution is -2.42. The van der Waals surface area contributed by atoms with Crippen molar-refractivity contribution in [2.45, 2.75) is 77.5 Å². The number of fused-ring (bicyclic) bond motifs is 1. The first-order valence-electron chi connectivity index (χ1n) is 14.4. The molecule has 1 amide bonds. The van der Waals surface area contributed by atoms with E-state index in [1.807, 2.05) is 57.8 Å². The van der Waals surface area contributed by atoms with Crippen molar-refractivity contribution in [2.24, 2.45) is 17.8 Å². The van der Waals surface area contributed by atoms with Gasteiger partial charge in [-0.05, 0) is 82.7 Å². The van der Waals surface area contributed by atoms with E-state index in [1.54, 1.807) is 29.1 Å². The van der Waals surface area contributed by atoms with Crippen molar-refractivity contribution in [3.8, 4) is 16.9 Å². The van der Waals surface area contributed by atoms with Crippen LogP contribution in [0.4, 0.5) is 16.2 Å². The fourth-order valence-corrected chi connectivity index (χ4v) is 5.35. The minimum atomic E-state index is -0.530. The number of rotatable bonds is 7. The third-order valence-electron chi connectivity index (χ3n) is 7.43. The van der Waals surface area contributed by atoms with Crippen molar-refractivity contribution in [3.05, 3.63) is 60.2 Å². The molecular formula is C31H40N8O3. The Bertz CT molecular complexity index is 1610. The van der Waals surface area contributed by atoms with Crippen molar-refractivity contribution in [2.75, 3.05) is 5.32 Å². The molecule has 1 fully saturated rings. The Morgan fingerprint density at radius 1 is 1.10 bits per heavy atom. The van der Waals surface area contributed by atoms with Gasteiger partial charge in [0.25, 0.3) is 0 Å². The summed E-state index contributed by atoms with van der Waals surface area (Å²) in [6.07, 6.45) is 11.2. The van der Waals surface area contributed by atoms with Crippen molar-refractivity contribution in [1.82, 2.24) is 24.7 Å². The lowest BCUT2D eigenvalue weighted by atomic mass is 9.91. The van der Waals surface area contributed by atoms with Crippen LogP contribution < -0.4 is 16.4 Å². The smallest absolute Gasteiger partial charge is 0.407 e. The van der Waals surface area contributed by atoms with Gasteiger partial charge in [-0.2, -0.15) is 10.2 Å². The van der Waals surface area contributed by atoms with Gasteiger partial charge < -0.3 is 26.2 Å². The van der Waals surface area contributed by atoms with E-state index in [2.05, 4.69) is 26.9 Å². The second kappa shape index (κ2) is 11.8. The molecule has 0 aliphatic heterocycles. The number of nitrogens with zero attached hydrogens (tertiary/aromatic N) is 5. The summed E-state index contributed by atoms with van der Waals surface area (Å²) in [5.41, 5.74) is 12.1. The zero-order valence-corrected chi connectivity index (χ0v) is 24.9. The fourth-order valence-electron chi connectivity index (χ4n) is 5.35. The van der Waals surface area contributed by atoms with Gasteiger partial charge >= 0.3 is 6.09 Å². The second-order valence-corrected chi connectivity index (χ2v) is 11.9. The molecule has 0 bridgehead atoms. The zero-order valence-electron chi connectivity index (χ0n) is 24.9. The Hall–Kier alpha value is -4.54. The van der Waals surface area contributed by atoms with Crippen LogP contribution in [0, 0.1) is 0 Å². The molecule has 4 aromatic rings. The Balaban J connectivity index is 1.45. The van der Waals surface area contributed by atoms with Crippen molar-refractivity contribution in [1.29, 1.82) is 0 Å². The number of aryl methyl sites for hydroxylation is 2. The highest BCUT2D eigenvalue weighted by Crippen LogP contribution is 2.32. The van der Waals surface area contributed by atoms with Crippen molar-refractivity contribution >= 4 is 28.8 Å². The number of benzene rings is 1. The molecule has 0 atom stereocenters. The summed E-state index contributed by atoms with van der Waals surface area (Å²) in [6, 6.07) is 7.41. The minimum Gasteiger partial charge on any atom is -0.508 e. The van der Waals surface area contributed by atoms with Crippen LogP contribution in [0.3, 0.4) is 0 Å². The molecule has 5 rings (SSSR count). The molecular weight excluding hydrogens is 532 g/mol. The van der Waals surface area contributed by atoms with E-state index in [0.29, 0.717) is 23.5 Å². The van der Waals surface area contributed by atoms with E-state index < -0.39 is 5.60 Å². The first-order valence-corrected chi connectivity index (χ1v) is 14.4. The molecule has 42 heavy (non-hydrogen) atoms. The van der Waals surface area contributed by atoms with Gasteiger partial charge in [0.05, 0.1) is 34.8 Å². The van der Waals surface area contributed by atoms with Gasteiger partial charge in [0, 0.05) is 42.7 Å². The summed E-state index contributed by atoms with van der Waals surface area (Å²) < 4.78 is 9.06. The van der Waals surface area contributed by atoms with Gasteiger partial charge in [0.1, 0.15) is 17.2 Å². The van der Waals surface area contributed by atoms with Gasteiger partial charge in [-0.25, -0.2) is 14.3 Å². The highest BCUT2D eigenvalue weighted by Gasteiger charge is 2.26. The number of aliphatic imine (C=N–C) groups is 1. The maximum absolute atomic E-state index is 12.3. The normalized spacial score (nSPS) is 17.8.